The van der Waals surface area contributed by atoms with Crippen molar-refractivity contribution >= 4 is 34.9 Å². The summed E-state index contributed by atoms with van der Waals surface area (Å²) in [6.07, 6.45) is 1.15. The molecule has 1 fully saturated rings. The fraction of sp³-hybridized carbons (Fsp3) is 0.310. The molecule has 1 aromatic heterocycles. The van der Waals surface area contributed by atoms with Gasteiger partial charge >= 0.3 is 0 Å². The molecule has 216 valence electrons. The first-order chi connectivity index (χ1) is 19.6. The number of nitrogen functional groups attached to an aromatic ring is 1. The largest absolute Gasteiger partial charge is 0.400 e. The quantitative estimate of drug-likeness (QED) is 0.214. The van der Waals surface area contributed by atoms with E-state index < -0.39 is 23.8 Å². The van der Waals surface area contributed by atoms with Crippen LogP contribution in [-0.4, -0.2) is 59.8 Å². The smallest absolute Gasteiger partial charge is 0.299 e. The Hall–Kier alpha value is -4.16. The zero-order valence-corrected chi connectivity index (χ0v) is 23.4. The predicted molar refractivity (Wildman–Crippen MR) is 152 cm³/mol. The molecule has 3 aromatic rings. The molecule has 0 radical (unpaired) electrons. The van der Waals surface area contributed by atoms with Crippen LogP contribution < -0.4 is 16.4 Å². The number of rotatable bonds is 7. The van der Waals surface area contributed by atoms with Gasteiger partial charge in [-0.1, -0.05) is 30.3 Å². The second-order valence-corrected chi connectivity index (χ2v) is 10.6. The molecular formula is C29H31F2N5O4S. The summed E-state index contributed by atoms with van der Waals surface area (Å²) in [5, 5.41) is 21.8. The molecule has 1 aliphatic heterocycles. The number of nitrogens with one attached hydrogen (secondary N) is 3. The Morgan fingerprint density at radius 1 is 1.12 bits per heavy atom. The van der Waals surface area contributed by atoms with Crippen LogP contribution in [0.15, 0.2) is 53.9 Å². The minimum atomic E-state index is -3.14. The molecule has 1 aliphatic carbocycles. The standard InChI is InChI=1S/C28H27F2N5O3S.CH4O/c1-15(23-12-17(14-39-23)25(31)32)34-27(38)22-7-4-10-35(22)24(36)13-33-26(37)16-8-9-21-19(11-16)18-5-2-3-6-20(18)28(21,29)30;1-2/h2-3,5-6,8-9,11-12,14-15,22H,4,7,10,13H2,1H3,(H3,31,32)(H,33,37)(H,34,38);2H,1H3/t15-,22?;/m1./s1. The van der Waals surface area contributed by atoms with Crippen molar-refractivity contribution in [2.75, 3.05) is 20.2 Å². The van der Waals surface area contributed by atoms with Crippen LogP contribution in [-0.2, 0) is 15.5 Å². The van der Waals surface area contributed by atoms with Crippen molar-refractivity contribution in [3.63, 3.8) is 0 Å². The van der Waals surface area contributed by atoms with Crippen molar-refractivity contribution in [1.82, 2.24) is 15.5 Å². The van der Waals surface area contributed by atoms with Crippen molar-refractivity contribution in [1.29, 1.82) is 5.41 Å². The van der Waals surface area contributed by atoms with Crippen LogP contribution >= 0.6 is 11.3 Å². The van der Waals surface area contributed by atoms with Crippen molar-refractivity contribution in [2.45, 2.75) is 37.8 Å². The van der Waals surface area contributed by atoms with Crippen LogP contribution in [0.4, 0.5) is 8.78 Å². The van der Waals surface area contributed by atoms with Gasteiger partial charge in [-0.25, -0.2) is 0 Å². The van der Waals surface area contributed by atoms with Gasteiger partial charge in [0, 0.05) is 46.2 Å². The van der Waals surface area contributed by atoms with E-state index in [1.54, 1.807) is 29.6 Å². The predicted octanol–water partition coefficient (Wildman–Crippen LogP) is 3.36. The lowest BCUT2D eigenvalue weighted by molar-refractivity contribution is -0.137. The Morgan fingerprint density at radius 2 is 1.83 bits per heavy atom. The van der Waals surface area contributed by atoms with Crippen LogP contribution in [0.25, 0.3) is 11.1 Å². The van der Waals surface area contributed by atoms with E-state index in [0.717, 1.165) is 12.0 Å². The summed E-state index contributed by atoms with van der Waals surface area (Å²) in [5.74, 6) is -4.45. The number of hydrogen-bond donors (Lipinski definition) is 5. The number of amides is 3. The number of nitrogens with two attached hydrogens (primary N) is 1. The van der Waals surface area contributed by atoms with Gasteiger partial charge in [0.25, 0.3) is 11.8 Å². The number of amidine groups is 1. The number of benzene rings is 2. The summed E-state index contributed by atoms with van der Waals surface area (Å²) < 4.78 is 29.6. The van der Waals surface area contributed by atoms with E-state index in [1.807, 2.05) is 6.92 Å². The number of carbonyl (C=O) groups excluding carboxylic acids is 3. The van der Waals surface area contributed by atoms with E-state index in [1.165, 1.54) is 40.5 Å². The average Bonchev–Trinajstić information content (AvgIpc) is 3.71. The molecule has 1 unspecified atom stereocenters. The second kappa shape index (κ2) is 12.1. The van der Waals surface area contributed by atoms with Gasteiger partial charge in [-0.2, -0.15) is 8.78 Å². The first-order valence-electron chi connectivity index (χ1n) is 13.0. The fourth-order valence-corrected chi connectivity index (χ4v) is 6.03. The maximum Gasteiger partial charge on any atom is 0.299 e. The zero-order chi connectivity index (χ0) is 29.9. The third kappa shape index (κ3) is 5.84. The van der Waals surface area contributed by atoms with Gasteiger partial charge in [0.1, 0.15) is 11.9 Å². The fourth-order valence-electron chi connectivity index (χ4n) is 5.12. The molecule has 5 rings (SSSR count). The Balaban J connectivity index is 0.00000189. The summed E-state index contributed by atoms with van der Waals surface area (Å²) >= 11 is 1.39. The third-order valence-corrected chi connectivity index (χ3v) is 8.28. The van der Waals surface area contributed by atoms with Crippen LogP contribution in [0, 0.1) is 5.41 Å². The first-order valence-corrected chi connectivity index (χ1v) is 13.8. The van der Waals surface area contributed by atoms with E-state index in [-0.39, 0.29) is 41.0 Å². The lowest BCUT2D eigenvalue weighted by Gasteiger charge is -2.25. The molecule has 0 saturated carbocycles. The number of aliphatic hydroxyl groups excluding tert-OH is 1. The minimum absolute atomic E-state index is 0.0479. The average molecular weight is 584 g/mol. The lowest BCUT2D eigenvalue weighted by atomic mass is 10.0. The molecule has 0 bridgehead atoms. The molecule has 2 aromatic carbocycles. The molecule has 1 saturated heterocycles. The molecule has 9 nitrogen and oxygen atoms in total. The molecule has 12 heteroatoms. The SMILES string of the molecule is CO.C[C@@H](NC(=O)C1CCCN1C(=O)CNC(=O)c1ccc2c(c1)-c1ccccc1C2(F)F)c1cc(C(=N)N)cs1. The topological polar surface area (TPSA) is 149 Å². The number of thiophene rings is 1. The minimum Gasteiger partial charge on any atom is -0.400 e. The number of halogens is 2. The lowest BCUT2D eigenvalue weighted by Crippen LogP contribution is -2.49. The number of aliphatic hydroxyl groups is 1. The molecule has 41 heavy (non-hydrogen) atoms. The summed E-state index contributed by atoms with van der Waals surface area (Å²) in [6, 6.07) is 11.0. The second-order valence-electron chi connectivity index (χ2n) is 9.69. The third-order valence-electron chi connectivity index (χ3n) is 7.17. The molecule has 3 amide bonds. The summed E-state index contributed by atoms with van der Waals surface area (Å²) in [5.41, 5.74) is 6.69. The number of likely N-dealkylation sites (tertiary alicyclic amines) is 1. The number of hydrogen-bond acceptors (Lipinski definition) is 6. The van der Waals surface area contributed by atoms with Gasteiger partial charge in [-0.15, -0.1) is 11.3 Å². The van der Waals surface area contributed by atoms with Crippen LogP contribution in [0.1, 0.15) is 57.7 Å². The highest BCUT2D eigenvalue weighted by Crippen LogP contribution is 2.50. The molecule has 2 heterocycles. The highest BCUT2D eigenvalue weighted by atomic mass is 32.1. The highest BCUT2D eigenvalue weighted by molar-refractivity contribution is 7.10. The van der Waals surface area contributed by atoms with Crippen molar-refractivity contribution < 1.29 is 28.3 Å². The van der Waals surface area contributed by atoms with Gasteiger partial charge in [0.15, 0.2) is 0 Å². The van der Waals surface area contributed by atoms with Gasteiger partial charge in [0.2, 0.25) is 11.8 Å². The van der Waals surface area contributed by atoms with E-state index in [2.05, 4.69) is 10.6 Å². The zero-order valence-electron chi connectivity index (χ0n) is 22.5. The Kier molecular flexibility index (Phi) is 8.83. The first kappa shape index (κ1) is 29.8. The van der Waals surface area contributed by atoms with Gasteiger partial charge in [-0.05, 0) is 49.1 Å². The van der Waals surface area contributed by atoms with Crippen LogP contribution in [0.2, 0.25) is 0 Å². The van der Waals surface area contributed by atoms with Crippen molar-refractivity contribution in [2.24, 2.45) is 5.73 Å². The maximum atomic E-state index is 14.8. The monoisotopic (exact) mass is 583 g/mol. The van der Waals surface area contributed by atoms with Crippen LogP contribution in [0.3, 0.4) is 0 Å². The van der Waals surface area contributed by atoms with Crippen molar-refractivity contribution in [3.8, 4) is 11.1 Å². The van der Waals surface area contributed by atoms with E-state index in [4.69, 9.17) is 16.2 Å². The molecule has 0 spiro atoms. The maximum absolute atomic E-state index is 14.8. The Labute approximate surface area is 239 Å². The summed E-state index contributed by atoms with van der Waals surface area (Å²) in [4.78, 5) is 41.1. The number of fused-ring (bicyclic) bond motifs is 3. The highest BCUT2D eigenvalue weighted by Gasteiger charge is 2.44. The Bertz CT molecular complexity index is 1490. The van der Waals surface area contributed by atoms with Gasteiger partial charge in [-0.3, -0.25) is 19.8 Å². The molecule has 6 N–H and O–H groups in total. The van der Waals surface area contributed by atoms with Gasteiger partial charge in [0.05, 0.1) is 12.6 Å². The molecular weight excluding hydrogens is 552 g/mol. The summed E-state index contributed by atoms with van der Waals surface area (Å²) in [6.45, 7) is 1.88. The number of alkyl halides is 2. The summed E-state index contributed by atoms with van der Waals surface area (Å²) in [7, 11) is 1.00. The van der Waals surface area contributed by atoms with E-state index in [9.17, 15) is 23.2 Å². The van der Waals surface area contributed by atoms with E-state index in [0.29, 0.717) is 36.1 Å². The Morgan fingerprint density at radius 3 is 2.54 bits per heavy atom. The number of nitrogens with zero attached hydrogens (tertiary/aromatic N) is 1. The normalized spacial score (nSPS) is 17.0. The molecule has 2 atom stereocenters. The van der Waals surface area contributed by atoms with Crippen LogP contribution in [0.5, 0.6) is 0 Å². The number of carbonyl (C=O) groups is 3. The van der Waals surface area contributed by atoms with Gasteiger partial charge < -0.3 is 26.4 Å². The molecule has 2 aliphatic rings. The van der Waals surface area contributed by atoms with E-state index >= 15 is 0 Å². The van der Waals surface area contributed by atoms with Crippen molar-refractivity contribution in [3.05, 3.63) is 81.0 Å².